The molecular weight excluding hydrogens is 535 g/mol. The van der Waals surface area contributed by atoms with Crippen LogP contribution in [0, 0.1) is 19.3 Å². The van der Waals surface area contributed by atoms with Gasteiger partial charge in [-0.25, -0.2) is 16.9 Å². The number of anilines is 1. The van der Waals surface area contributed by atoms with Crippen LogP contribution in [0.15, 0.2) is 36.3 Å². The molecule has 37 heavy (non-hydrogen) atoms. The quantitative estimate of drug-likeness (QED) is 0.467. The Kier molecular flexibility index (Phi) is 7.56. The lowest BCUT2D eigenvalue weighted by molar-refractivity contribution is -0.140. The minimum Gasteiger partial charge on any atom is -0.504 e. The number of alkyl halides is 3. The van der Waals surface area contributed by atoms with Gasteiger partial charge in [-0.1, -0.05) is 20.8 Å². The summed E-state index contributed by atoms with van der Waals surface area (Å²) >= 11 is -2.08. The summed E-state index contributed by atoms with van der Waals surface area (Å²) in [5.74, 6) is -0.0803. The van der Waals surface area contributed by atoms with Gasteiger partial charge in [0, 0.05) is 14.1 Å². The molecule has 10 nitrogen and oxygen atoms in total. The average molecular weight is 564 g/mol. The summed E-state index contributed by atoms with van der Waals surface area (Å²) in [6, 6.07) is 2.73. The largest absolute Gasteiger partial charge is 0.504 e. The third kappa shape index (κ3) is 5.83. The number of nitrogens with zero attached hydrogens (tertiary/aromatic N) is 3. The van der Waals surface area contributed by atoms with E-state index < -0.39 is 60.7 Å². The fourth-order valence-electron chi connectivity index (χ4n) is 3.50. The number of hydrogen-bond acceptors (Lipinski definition) is 7. The van der Waals surface area contributed by atoms with E-state index in [1.807, 2.05) is 40.7 Å². The molecule has 0 saturated carbocycles. The van der Waals surface area contributed by atoms with Gasteiger partial charge in [0.15, 0.2) is 17.4 Å². The van der Waals surface area contributed by atoms with Crippen LogP contribution in [0.1, 0.15) is 49.5 Å². The molecule has 1 unspecified atom stereocenters. The van der Waals surface area contributed by atoms with Crippen molar-refractivity contribution < 1.29 is 35.3 Å². The van der Waals surface area contributed by atoms with Crippen molar-refractivity contribution >= 4 is 38.6 Å². The second-order valence-corrected chi connectivity index (χ2v) is 12.6. The molecule has 15 heteroatoms. The Balaban J connectivity index is 2.04. The minimum absolute atomic E-state index is 0.0127. The molecule has 0 fully saturated rings. The van der Waals surface area contributed by atoms with Crippen LogP contribution in [-0.4, -0.2) is 47.8 Å². The number of benzene rings is 1. The van der Waals surface area contributed by atoms with Gasteiger partial charge >= 0.3 is 6.18 Å². The molecule has 0 spiro atoms. The second kappa shape index (κ2) is 9.76. The van der Waals surface area contributed by atoms with Crippen LogP contribution < -0.4 is 10.6 Å². The van der Waals surface area contributed by atoms with Gasteiger partial charge in [0.2, 0.25) is 10.0 Å². The number of phenolic OH excluding ortho intramolecular Hbond substituents is 1. The number of amidine groups is 2. The number of phenols is 1. The molecule has 1 aromatic carbocycles. The average Bonchev–Trinajstić information content (AvgIpc) is 3.25. The van der Waals surface area contributed by atoms with E-state index in [0.717, 1.165) is 25.7 Å². The molecule has 2 atom stereocenters. The summed E-state index contributed by atoms with van der Waals surface area (Å²) < 4.78 is 92.6. The summed E-state index contributed by atoms with van der Waals surface area (Å²) in [5.41, 5.74) is -1.47. The SMILES string of the molecule is Cc1cc([C@H](NC2=NS(=O)N=C2Nc2ccc(C(F)(F)F)c(S(=O)(=O)N(C)C)c2O)C(C)(C)C)oc1C. The van der Waals surface area contributed by atoms with E-state index in [-0.39, 0.29) is 11.7 Å². The van der Waals surface area contributed by atoms with Crippen molar-refractivity contribution in [1.29, 1.82) is 0 Å². The van der Waals surface area contributed by atoms with E-state index in [1.54, 1.807) is 0 Å². The second-order valence-electron chi connectivity index (χ2n) is 9.69. The molecule has 2 heterocycles. The molecule has 1 aliphatic heterocycles. The van der Waals surface area contributed by atoms with Crippen LogP contribution in [0.2, 0.25) is 0 Å². The molecule has 0 aliphatic carbocycles. The first-order valence-corrected chi connectivity index (χ1v) is 13.4. The van der Waals surface area contributed by atoms with Gasteiger partial charge in [-0.2, -0.15) is 13.2 Å². The van der Waals surface area contributed by atoms with E-state index in [1.165, 1.54) is 0 Å². The summed E-state index contributed by atoms with van der Waals surface area (Å²) in [4.78, 5) is -1.32. The highest BCUT2D eigenvalue weighted by Crippen LogP contribution is 2.43. The zero-order chi connectivity index (χ0) is 28.1. The molecule has 1 aromatic heterocycles. The number of hydrogen-bond donors (Lipinski definition) is 3. The molecule has 0 saturated heterocycles. The van der Waals surface area contributed by atoms with Crippen molar-refractivity contribution in [1.82, 2.24) is 9.62 Å². The van der Waals surface area contributed by atoms with Crippen molar-refractivity contribution in [3.05, 3.63) is 40.8 Å². The Morgan fingerprint density at radius 3 is 2.19 bits per heavy atom. The molecule has 0 bridgehead atoms. The van der Waals surface area contributed by atoms with E-state index in [2.05, 4.69) is 19.4 Å². The van der Waals surface area contributed by atoms with Crippen LogP contribution >= 0.6 is 0 Å². The van der Waals surface area contributed by atoms with Crippen LogP contribution in [0.5, 0.6) is 5.75 Å². The predicted molar refractivity (Wildman–Crippen MR) is 134 cm³/mol. The zero-order valence-corrected chi connectivity index (χ0v) is 22.8. The highest BCUT2D eigenvalue weighted by atomic mass is 32.2. The standard InChI is InChI=1S/C22H28F3N5O5S2/c1-11-10-15(35-12(11)2)18(21(3,4)5)27-20-19(28-36(32)29-20)26-14-9-8-13(22(23,24)25)17(16(14)31)37(33,34)30(6)7/h8-10,18,31H,1-7H3,(H,26,28)(H,27,29)/t18-,36?/m0/s1. The topological polar surface area (TPSA) is 137 Å². The molecule has 1 aliphatic rings. The van der Waals surface area contributed by atoms with Crippen LogP contribution in [0.4, 0.5) is 18.9 Å². The Morgan fingerprint density at radius 1 is 1.11 bits per heavy atom. The van der Waals surface area contributed by atoms with Gasteiger partial charge in [0.1, 0.15) is 16.4 Å². The highest BCUT2D eigenvalue weighted by Gasteiger charge is 2.41. The normalized spacial score (nSPS) is 17.5. The molecule has 3 N–H and O–H groups in total. The Labute approximate surface area is 215 Å². The molecule has 3 rings (SSSR count). The maximum absolute atomic E-state index is 13.6. The summed E-state index contributed by atoms with van der Waals surface area (Å²) in [6.07, 6.45) is -5.06. The fourth-order valence-corrected chi connectivity index (χ4v) is 5.31. The van der Waals surface area contributed by atoms with Crippen molar-refractivity contribution in [3.8, 4) is 5.75 Å². The van der Waals surface area contributed by atoms with E-state index in [9.17, 15) is 30.9 Å². The van der Waals surface area contributed by atoms with Crippen LogP contribution in [0.25, 0.3) is 0 Å². The summed E-state index contributed by atoms with van der Waals surface area (Å²) in [7, 11) is -2.63. The van der Waals surface area contributed by atoms with Crippen molar-refractivity contribution in [2.45, 2.75) is 51.7 Å². The van der Waals surface area contributed by atoms with Gasteiger partial charge in [0.25, 0.3) is 11.2 Å². The minimum atomic E-state index is -5.06. The number of halogens is 3. The number of furan rings is 1. The number of aryl methyl sites for hydroxylation is 2. The maximum atomic E-state index is 13.6. The first-order valence-electron chi connectivity index (χ1n) is 10.9. The lowest BCUT2D eigenvalue weighted by atomic mass is 9.85. The zero-order valence-electron chi connectivity index (χ0n) is 21.2. The number of nitrogens with one attached hydrogen (secondary N) is 2. The maximum Gasteiger partial charge on any atom is 0.417 e. The Hall–Kier alpha value is -2.91. The van der Waals surface area contributed by atoms with Gasteiger partial charge in [-0.05, 0) is 43.0 Å². The van der Waals surface area contributed by atoms with Gasteiger partial charge in [-0.15, -0.1) is 8.80 Å². The van der Waals surface area contributed by atoms with Gasteiger partial charge in [-0.3, -0.25) is 0 Å². The van der Waals surface area contributed by atoms with E-state index in [0.29, 0.717) is 21.9 Å². The van der Waals surface area contributed by atoms with E-state index >= 15 is 0 Å². The Morgan fingerprint density at radius 2 is 1.70 bits per heavy atom. The van der Waals surface area contributed by atoms with Gasteiger partial charge in [0.05, 0.1) is 17.3 Å². The number of rotatable bonds is 5. The number of aromatic hydroxyl groups is 1. The number of sulfonamides is 1. The fraction of sp³-hybridized carbons (Fsp3) is 0.455. The molecular formula is C22H28F3N5O5S2. The van der Waals surface area contributed by atoms with Crippen molar-refractivity contribution in [2.75, 3.05) is 19.4 Å². The monoisotopic (exact) mass is 563 g/mol. The lowest BCUT2D eigenvalue weighted by Crippen LogP contribution is -2.41. The third-order valence-electron chi connectivity index (χ3n) is 5.61. The lowest BCUT2D eigenvalue weighted by Gasteiger charge is -2.30. The molecule has 2 aromatic rings. The van der Waals surface area contributed by atoms with Crippen LogP contribution in [0.3, 0.4) is 0 Å². The third-order valence-corrected chi connectivity index (χ3v) is 8.18. The predicted octanol–water partition coefficient (Wildman–Crippen LogP) is 4.05. The van der Waals surface area contributed by atoms with Gasteiger partial charge < -0.3 is 20.2 Å². The smallest absolute Gasteiger partial charge is 0.417 e. The first-order chi connectivity index (χ1) is 16.8. The highest BCUT2D eigenvalue weighted by molar-refractivity contribution is 7.89. The van der Waals surface area contributed by atoms with Crippen molar-refractivity contribution in [3.63, 3.8) is 0 Å². The summed E-state index contributed by atoms with van der Waals surface area (Å²) in [6.45, 7) is 9.46. The van der Waals surface area contributed by atoms with Crippen molar-refractivity contribution in [2.24, 2.45) is 14.2 Å². The molecule has 204 valence electrons. The summed E-state index contributed by atoms with van der Waals surface area (Å²) in [5, 5.41) is 16.4. The first kappa shape index (κ1) is 28.7. The van der Waals surface area contributed by atoms with E-state index in [4.69, 9.17) is 4.42 Å². The van der Waals surface area contributed by atoms with Crippen LogP contribution in [-0.2, 0) is 27.4 Å². The molecule has 0 amide bonds. The Bertz CT molecular complexity index is 1390. The molecule has 0 radical (unpaired) electrons.